The van der Waals surface area contributed by atoms with Gasteiger partial charge in [-0.15, -0.1) is 0 Å². The van der Waals surface area contributed by atoms with Crippen molar-refractivity contribution in [2.45, 2.75) is 26.8 Å². The summed E-state index contributed by atoms with van der Waals surface area (Å²) in [6, 6.07) is 14.6. The maximum Gasteiger partial charge on any atom is 0.227 e. The molecule has 5 heteroatoms. The molecular weight excluding hydrogens is 322 g/mol. The van der Waals surface area contributed by atoms with E-state index in [0.717, 1.165) is 37.0 Å². The van der Waals surface area contributed by atoms with Crippen molar-refractivity contribution in [3.63, 3.8) is 0 Å². The zero-order valence-corrected chi connectivity index (χ0v) is 15.6. The summed E-state index contributed by atoms with van der Waals surface area (Å²) in [7, 11) is 2.03. The minimum absolute atomic E-state index is 0.741. The number of aromatic nitrogens is 3. The minimum Gasteiger partial charge on any atom is -0.366 e. The van der Waals surface area contributed by atoms with Crippen molar-refractivity contribution in [3.05, 3.63) is 77.2 Å². The van der Waals surface area contributed by atoms with E-state index in [1.54, 1.807) is 0 Å². The molecule has 0 aliphatic rings. The zero-order chi connectivity index (χ0) is 18.4. The highest BCUT2D eigenvalue weighted by atomic mass is 15.2. The van der Waals surface area contributed by atoms with E-state index in [1.165, 1.54) is 16.7 Å². The number of pyridine rings is 1. The van der Waals surface area contributed by atoms with Gasteiger partial charge >= 0.3 is 0 Å². The molecule has 3 aromatic rings. The van der Waals surface area contributed by atoms with Gasteiger partial charge in [0, 0.05) is 44.3 Å². The van der Waals surface area contributed by atoms with Crippen molar-refractivity contribution in [1.29, 1.82) is 0 Å². The van der Waals surface area contributed by atoms with Crippen LogP contribution >= 0.6 is 0 Å². The van der Waals surface area contributed by atoms with E-state index in [9.17, 15) is 0 Å². The summed E-state index contributed by atoms with van der Waals surface area (Å²) in [6.07, 6.45) is 4.58. The Morgan fingerprint density at radius 1 is 0.923 bits per heavy atom. The first kappa shape index (κ1) is 17.9. The summed E-state index contributed by atoms with van der Waals surface area (Å²) < 4.78 is 0. The molecule has 2 aromatic heterocycles. The van der Waals surface area contributed by atoms with Gasteiger partial charge in [-0.2, -0.15) is 4.98 Å². The molecule has 0 aliphatic carbocycles. The monoisotopic (exact) mass is 347 g/mol. The van der Waals surface area contributed by atoms with Crippen LogP contribution in [0.25, 0.3) is 0 Å². The van der Waals surface area contributed by atoms with Gasteiger partial charge in [-0.25, -0.2) is 4.98 Å². The highest BCUT2D eigenvalue weighted by Gasteiger charge is 2.08. The van der Waals surface area contributed by atoms with E-state index in [1.807, 2.05) is 44.6 Å². The van der Waals surface area contributed by atoms with Gasteiger partial charge < -0.3 is 10.2 Å². The Bertz CT molecular complexity index is 831. The highest BCUT2D eigenvalue weighted by molar-refractivity contribution is 5.44. The Morgan fingerprint density at radius 3 is 2.38 bits per heavy atom. The molecule has 0 saturated carbocycles. The Hall–Kier alpha value is -2.95. The van der Waals surface area contributed by atoms with E-state index in [-0.39, 0.29) is 0 Å². The van der Waals surface area contributed by atoms with Crippen LogP contribution < -0.4 is 10.2 Å². The molecule has 0 saturated heterocycles. The molecular formula is C21H25N5. The van der Waals surface area contributed by atoms with Gasteiger partial charge in [0.2, 0.25) is 5.95 Å². The SMILES string of the molecule is Cc1ccc(CNc2cc(C)nc(N(C)CCc3ccncc3)n2)cc1. The molecule has 0 spiro atoms. The lowest BCUT2D eigenvalue weighted by Crippen LogP contribution is -2.23. The van der Waals surface area contributed by atoms with E-state index < -0.39 is 0 Å². The molecule has 0 bridgehead atoms. The standard InChI is InChI=1S/C21H25N5/c1-16-4-6-19(7-5-16)15-23-20-14-17(2)24-21(25-20)26(3)13-10-18-8-11-22-12-9-18/h4-9,11-12,14H,10,13,15H2,1-3H3,(H,23,24,25). The largest absolute Gasteiger partial charge is 0.366 e. The second-order valence-electron chi connectivity index (χ2n) is 6.56. The first-order valence-electron chi connectivity index (χ1n) is 8.85. The fourth-order valence-corrected chi connectivity index (χ4v) is 2.66. The van der Waals surface area contributed by atoms with Crippen LogP contribution in [0, 0.1) is 13.8 Å². The quantitative estimate of drug-likeness (QED) is 0.705. The highest BCUT2D eigenvalue weighted by Crippen LogP contribution is 2.14. The number of hydrogen-bond acceptors (Lipinski definition) is 5. The minimum atomic E-state index is 0.741. The van der Waals surface area contributed by atoms with Gasteiger partial charge in [-0.3, -0.25) is 4.98 Å². The van der Waals surface area contributed by atoms with Gasteiger partial charge in [0.25, 0.3) is 0 Å². The van der Waals surface area contributed by atoms with Crippen LogP contribution in [0.15, 0.2) is 54.9 Å². The fraction of sp³-hybridized carbons (Fsp3) is 0.286. The van der Waals surface area contributed by atoms with Crippen LogP contribution in [-0.2, 0) is 13.0 Å². The second kappa shape index (κ2) is 8.43. The maximum absolute atomic E-state index is 4.67. The molecule has 26 heavy (non-hydrogen) atoms. The molecule has 1 aromatic carbocycles. The smallest absolute Gasteiger partial charge is 0.227 e. The van der Waals surface area contributed by atoms with E-state index in [0.29, 0.717) is 0 Å². The van der Waals surface area contributed by atoms with Gasteiger partial charge in [0.1, 0.15) is 5.82 Å². The third kappa shape index (κ3) is 5.02. The van der Waals surface area contributed by atoms with Crippen LogP contribution in [-0.4, -0.2) is 28.5 Å². The third-order valence-electron chi connectivity index (χ3n) is 4.26. The molecule has 5 nitrogen and oxygen atoms in total. The first-order chi connectivity index (χ1) is 12.6. The number of nitrogens with zero attached hydrogens (tertiary/aromatic N) is 4. The average molecular weight is 347 g/mol. The van der Waals surface area contributed by atoms with Crippen molar-refractivity contribution in [2.75, 3.05) is 23.8 Å². The lowest BCUT2D eigenvalue weighted by molar-refractivity contribution is 0.831. The number of anilines is 2. The van der Waals surface area contributed by atoms with E-state index in [4.69, 9.17) is 0 Å². The number of benzene rings is 1. The second-order valence-corrected chi connectivity index (χ2v) is 6.56. The predicted octanol–water partition coefficient (Wildman–Crippen LogP) is 3.78. The summed E-state index contributed by atoms with van der Waals surface area (Å²) in [6.45, 7) is 5.69. The van der Waals surface area contributed by atoms with Crippen LogP contribution in [0.4, 0.5) is 11.8 Å². The van der Waals surface area contributed by atoms with Crippen LogP contribution in [0.3, 0.4) is 0 Å². The summed E-state index contributed by atoms with van der Waals surface area (Å²) in [5.74, 6) is 1.59. The van der Waals surface area contributed by atoms with Gasteiger partial charge in [-0.05, 0) is 43.5 Å². The molecule has 3 rings (SSSR count). The van der Waals surface area contributed by atoms with Crippen LogP contribution in [0.5, 0.6) is 0 Å². The number of aryl methyl sites for hydroxylation is 2. The maximum atomic E-state index is 4.67. The molecule has 0 amide bonds. The Morgan fingerprint density at radius 2 is 1.65 bits per heavy atom. The first-order valence-corrected chi connectivity index (χ1v) is 8.85. The zero-order valence-electron chi connectivity index (χ0n) is 15.6. The molecule has 0 radical (unpaired) electrons. The van der Waals surface area contributed by atoms with Crippen molar-refractivity contribution < 1.29 is 0 Å². The van der Waals surface area contributed by atoms with Crippen molar-refractivity contribution >= 4 is 11.8 Å². The molecule has 1 N–H and O–H groups in total. The number of nitrogens with one attached hydrogen (secondary N) is 1. The van der Waals surface area contributed by atoms with Crippen LogP contribution in [0.1, 0.15) is 22.4 Å². The third-order valence-corrected chi connectivity index (χ3v) is 4.26. The average Bonchev–Trinajstić information content (AvgIpc) is 2.66. The van der Waals surface area contributed by atoms with E-state index in [2.05, 4.69) is 56.4 Å². The van der Waals surface area contributed by atoms with Gasteiger partial charge in [0.15, 0.2) is 0 Å². The van der Waals surface area contributed by atoms with Gasteiger partial charge in [0.05, 0.1) is 0 Å². The molecule has 0 fully saturated rings. The molecule has 2 heterocycles. The predicted molar refractivity (Wildman–Crippen MR) is 106 cm³/mol. The summed E-state index contributed by atoms with van der Waals surface area (Å²) in [5.41, 5.74) is 4.72. The normalized spacial score (nSPS) is 10.6. The molecule has 0 atom stereocenters. The topological polar surface area (TPSA) is 53.9 Å². The lowest BCUT2D eigenvalue weighted by Gasteiger charge is -2.18. The van der Waals surface area contributed by atoms with Crippen molar-refractivity contribution in [3.8, 4) is 0 Å². The Kier molecular flexibility index (Phi) is 5.79. The Balaban J connectivity index is 1.63. The van der Waals surface area contributed by atoms with Crippen molar-refractivity contribution in [1.82, 2.24) is 15.0 Å². The lowest BCUT2D eigenvalue weighted by atomic mass is 10.1. The fourth-order valence-electron chi connectivity index (χ4n) is 2.66. The molecule has 0 unspecified atom stereocenters. The number of likely N-dealkylation sites (N-methyl/N-ethyl adjacent to an activating group) is 1. The van der Waals surface area contributed by atoms with Gasteiger partial charge in [-0.1, -0.05) is 29.8 Å². The Labute approximate surface area is 155 Å². The molecule has 134 valence electrons. The number of hydrogen-bond donors (Lipinski definition) is 1. The summed E-state index contributed by atoms with van der Waals surface area (Å²) >= 11 is 0. The van der Waals surface area contributed by atoms with E-state index >= 15 is 0 Å². The molecule has 0 aliphatic heterocycles. The number of rotatable bonds is 7. The van der Waals surface area contributed by atoms with Crippen LogP contribution in [0.2, 0.25) is 0 Å². The summed E-state index contributed by atoms with van der Waals surface area (Å²) in [5, 5.41) is 3.40. The summed E-state index contributed by atoms with van der Waals surface area (Å²) in [4.78, 5) is 15.4. The van der Waals surface area contributed by atoms with Crippen molar-refractivity contribution in [2.24, 2.45) is 0 Å².